The third kappa shape index (κ3) is 1.82. The van der Waals surface area contributed by atoms with Crippen LogP contribution in [0, 0.1) is 17.0 Å². The van der Waals surface area contributed by atoms with Gasteiger partial charge in [-0.1, -0.05) is 6.07 Å². The Balaban J connectivity index is 3.40. The molecule has 3 N–H and O–H groups in total. The molecule has 76 valence electrons. The summed E-state index contributed by atoms with van der Waals surface area (Å²) in [5, 5.41) is 20.1. The normalized spacial score (nSPS) is 12.5. The maximum atomic E-state index is 10.6. The Morgan fingerprint density at radius 3 is 2.57 bits per heavy atom. The van der Waals surface area contributed by atoms with E-state index in [4.69, 9.17) is 5.73 Å². The van der Waals surface area contributed by atoms with Crippen molar-refractivity contribution in [3.05, 3.63) is 33.4 Å². The van der Waals surface area contributed by atoms with E-state index in [1.165, 1.54) is 6.07 Å². The molecule has 5 nitrogen and oxygen atoms in total. The molecule has 0 spiro atoms. The first-order valence-corrected chi connectivity index (χ1v) is 4.17. The molecule has 0 aliphatic carbocycles. The van der Waals surface area contributed by atoms with Gasteiger partial charge < -0.3 is 10.8 Å². The molecule has 0 fully saturated rings. The fourth-order valence-electron chi connectivity index (χ4n) is 1.27. The monoisotopic (exact) mass is 196 g/mol. The first-order valence-electron chi connectivity index (χ1n) is 4.17. The summed E-state index contributed by atoms with van der Waals surface area (Å²) in [4.78, 5) is 9.94. The largest absolute Gasteiger partial charge is 0.502 e. The van der Waals surface area contributed by atoms with E-state index >= 15 is 0 Å². The number of nitro groups is 1. The lowest BCUT2D eigenvalue weighted by Gasteiger charge is -2.09. The number of hydrogen-bond donors (Lipinski definition) is 2. The number of phenols is 1. The van der Waals surface area contributed by atoms with Crippen molar-refractivity contribution in [2.24, 2.45) is 5.73 Å². The second-order valence-corrected chi connectivity index (χ2v) is 3.27. The summed E-state index contributed by atoms with van der Waals surface area (Å²) < 4.78 is 0. The molecule has 0 heterocycles. The van der Waals surface area contributed by atoms with Crippen LogP contribution in [0.1, 0.15) is 24.1 Å². The van der Waals surface area contributed by atoms with Gasteiger partial charge in [-0.25, -0.2) is 0 Å². The van der Waals surface area contributed by atoms with Crippen LogP contribution >= 0.6 is 0 Å². The number of nitrogens with zero attached hydrogens (tertiary/aromatic N) is 1. The van der Waals surface area contributed by atoms with Gasteiger partial charge in [0.05, 0.1) is 4.92 Å². The van der Waals surface area contributed by atoms with Gasteiger partial charge >= 0.3 is 5.69 Å². The second-order valence-electron chi connectivity index (χ2n) is 3.27. The average molecular weight is 196 g/mol. The Kier molecular flexibility index (Phi) is 2.71. The third-order valence-electron chi connectivity index (χ3n) is 1.95. The summed E-state index contributed by atoms with van der Waals surface area (Å²) in [6, 6.07) is 2.54. The van der Waals surface area contributed by atoms with E-state index in [1.807, 2.05) is 0 Å². The maximum absolute atomic E-state index is 10.6. The Morgan fingerprint density at radius 2 is 2.14 bits per heavy atom. The van der Waals surface area contributed by atoms with Crippen LogP contribution in [0.2, 0.25) is 0 Å². The minimum Gasteiger partial charge on any atom is -0.502 e. The molecule has 1 rings (SSSR count). The van der Waals surface area contributed by atoms with Gasteiger partial charge in [0.15, 0.2) is 5.75 Å². The standard InChI is InChI=1S/C9H12N2O3/c1-5-3-7(6(2)10)9(12)8(4-5)11(13)14/h3-4,6,12H,10H2,1-2H3/t6-/m1/s1. The van der Waals surface area contributed by atoms with Crippen LogP contribution in [0.5, 0.6) is 5.75 Å². The fourth-order valence-corrected chi connectivity index (χ4v) is 1.27. The van der Waals surface area contributed by atoms with Gasteiger partial charge in [0.1, 0.15) is 0 Å². The van der Waals surface area contributed by atoms with Gasteiger partial charge in [0, 0.05) is 17.7 Å². The number of aryl methyl sites for hydroxylation is 1. The van der Waals surface area contributed by atoms with Crippen LogP contribution in [0.3, 0.4) is 0 Å². The third-order valence-corrected chi connectivity index (χ3v) is 1.95. The molecule has 0 saturated carbocycles. The number of hydrogen-bond acceptors (Lipinski definition) is 4. The topological polar surface area (TPSA) is 89.4 Å². The lowest BCUT2D eigenvalue weighted by atomic mass is 10.0. The molecule has 1 atom stereocenters. The molecule has 0 saturated heterocycles. The molecule has 0 aliphatic rings. The van der Waals surface area contributed by atoms with E-state index < -0.39 is 11.0 Å². The van der Waals surface area contributed by atoms with Crippen molar-refractivity contribution in [2.45, 2.75) is 19.9 Å². The summed E-state index contributed by atoms with van der Waals surface area (Å²) in [5.74, 6) is -0.337. The molecule has 0 radical (unpaired) electrons. The fraction of sp³-hybridized carbons (Fsp3) is 0.333. The quantitative estimate of drug-likeness (QED) is 0.555. The van der Waals surface area contributed by atoms with Crippen LogP contribution < -0.4 is 5.73 Å². The molecular formula is C9H12N2O3. The predicted octanol–water partition coefficient (Wildman–Crippen LogP) is 1.63. The Bertz CT molecular complexity index is 375. The summed E-state index contributed by atoms with van der Waals surface area (Å²) >= 11 is 0. The summed E-state index contributed by atoms with van der Waals surface area (Å²) in [7, 11) is 0. The average Bonchev–Trinajstić information content (AvgIpc) is 2.07. The highest BCUT2D eigenvalue weighted by molar-refractivity contribution is 5.54. The van der Waals surface area contributed by atoms with Crippen LogP contribution in [0.4, 0.5) is 5.69 Å². The van der Waals surface area contributed by atoms with E-state index in [9.17, 15) is 15.2 Å². The molecule has 0 aromatic heterocycles. The minimum atomic E-state index is -0.617. The van der Waals surface area contributed by atoms with Crippen LogP contribution in [-0.4, -0.2) is 10.0 Å². The van der Waals surface area contributed by atoms with Crippen molar-refractivity contribution in [2.75, 3.05) is 0 Å². The van der Waals surface area contributed by atoms with Crippen molar-refractivity contribution in [3.63, 3.8) is 0 Å². The molecule has 0 bridgehead atoms. The zero-order valence-corrected chi connectivity index (χ0v) is 8.02. The number of nitro benzene ring substituents is 1. The molecular weight excluding hydrogens is 184 g/mol. The van der Waals surface area contributed by atoms with Crippen molar-refractivity contribution < 1.29 is 10.0 Å². The molecule has 5 heteroatoms. The van der Waals surface area contributed by atoms with E-state index in [0.717, 1.165) is 0 Å². The zero-order valence-electron chi connectivity index (χ0n) is 8.02. The molecule has 0 amide bonds. The van der Waals surface area contributed by atoms with Crippen molar-refractivity contribution >= 4 is 5.69 Å². The van der Waals surface area contributed by atoms with Crippen molar-refractivity contribution in [3.8, 4) is 5.75 Å². The Morgan fingerprint density at radius 1 is 1.57 bits per heavy atom. The second kappa shape index (κ2) is 3.63. The Hall–Kier alpha value is -1.62. The number of phenolic OH excluding ortho intramolecular Hbond substituents is 1. The smallest absolute Gasteiger partial charge is 0.311 e. The molecule has 0 unspecified atom stereocenters. The lowest BCUT2D eigenvalue weighted by molar-refractivity contribution is -0.386. The molecule has 0 aliphatic heterocycles. The molecule has 1 aromatic rings. The SMILES string of the molecule is Cc1cc([C@@H](C)N)c(O)c([N+](=O)[O-])c1. The van der Waals surface area contributed by atoms with Gasteiger partial charge in [-0.3, -0.25) is 10.1 Å². The van der Waals surface area contributed by atoms with E-state index in [-0.39, 0.29) is 11.4 Å². The highest BCUT2D eigenvalue weighted by atomic mass is 16.6. The zero-order chi connectivity index (χ0) is 10.9. The van der Waals surface area contributed by atoms with Gasteiger partial charge in [-0.05, 0) is 19.4 Å². The first kappa shape index (κ1) is 10.5. The number of rotatable bonds is 2. The summed E-state index contributed by atoms with van der Waals surface area (Å²) in [6.45, 7) is 3.39. The Labute approximate surface area is 81.3 Å². The van der Waals surface area contributed by atoms with E-state index in [0.29, 0.717) is 11.1 Å². The van der Waals surface area contributed by atoms with E-state index in [1.54, 1.807) is 19.9 Å². The number of benzene rings is 1. The highest BCUT2D eigenvalue weighted by Crippen LogP contribution is 2.33. The van der Waals surface area contributed by atoms with Gasteiger partial charge in [0.25, 0.3) is 0 Å². The predicted molar refractivity (Wildman–Crippen MR) is 52.1 cm³/mol. The maximum Gasteiger partial charge on any atom is 0.311 e. The van der Waals surface area contributed by atoms with Crippen molar-refractivity contribution in [1.29, 1.82) is 0 Å². The molecule has 1 aromatic carbocycles. The van der Waals surface area contributed by atoms with Crippen molar-refractivity contribution in [1.82, 2.24) is 0 Å². The minimum absolute atomic E-state index is 0.294. The lowest BCUT2D eigenvalue weighted by Crippen LogP contribution is -2.06. The summed E-state index contributed by atoms with van der Waals surface area (Å²) in [6.07, 6.45) is 0. The summed E-state index contributed by atoms with van der Waals surface area (Å²) in [5.41, 5.74) is 6.39. The molecule has 14 heavy (non-hydrogen) atoms. The van der Waals surface area contributed by atoms with Crippen LogP contribution in [0.15, 0.2) is 12.1 Å². The number of nitrogens with two attached hydrogens (primary N) is 1. The first-order chi connectivity index (χ1) is 6.43. The van der Waals surface area contributed by atoms with E-state index in [2.05, 4.69) is 0 Å². The highest BCUT2D eigenvalue weighted by Gasteiger charge is 2.19. The van der Waals surface area contributed by atoms with Crippen LogP contribution in [0.25, 0.3) is 0 Å². The van der Waals surface area contributed by atoms with Crippen LogP contribution in [-0.2, 0) is 0 Å². The van der Waals surface area contributed by atoms with Gasteiger partial charge in [-0.15, -0.1) is 0 Å². The number of aromatic hydroxyl groups is 1. The van der Waals surface area contributed by atoms with Gasteiger partial charge in [-0.2, -0.15) is 0 Å². The van der Waals surface area contributed by atoms with Gasteiger partial charge in [0.2, 0.25) is 0 Å².